The third-order valence-electron chi connectivity index (χ3n) is 3.65. The molecule has 0 aromatic heterocycles. The summed E-state index contributed by atoms with van der Waals surface area (Å²) in [4.78, 5) is 2.28. The molecular weight excluding hydrogens is 253 g/mol. The van der Waals surface area contributed by atoms with Crippen molar-refractivity contribution in [3.05, 3.63) is 35.4 Å². The van der Waals surface area contributed by atoms with Gasteiger partial charge in [-0.2, -0.15) is 13.2 Å². The molecule has 106 valence electrons. The number of nitrogens with zero attached hydrogens (tertiary/aromatic N) is 1. The van der Waals surface area contributed by atoms with E-state index in [0.717, 1.165) is 25.7 Å². The molecule has 0 radical (unpaired) electrons. The van der Waals surface area contributed by atoms with E-state index >= 15 is 0 Å². The molecule has 1 aliphatic heterocycles. The van der Waals surface area contributed by atoms with E-state index < -0.39 is 11.7 Å². The van der Waals surface area contributed by atoms with Gasteiger partial charge in [0.1, 0.15) is 0 Å². The maximum atomic E-state index is 12.7. The summed E-state index contributed by atoms with van der Waals surface area (Å²) in [6.45, 7) is 3.17. The molecular formula is C14H19F3N2. The molecule has 2 nitrogen and oxygen atoms in total. The second-order valence-corrected chi connectivity index (χ2v) is 5.06. The van der Waals surface area contributed by atoms with Crippen molar-refractivity contribution in [3.8, 4) is 0 Å². The van der Waals surface area contributed by atoms with Gasteiger partial charge in [-0.1, -0.05) is 18.2 Å². The monoisotopic (exact) mass is 272 g/mol. The number of rotatable bonds is 4. The van der Waals surface area contributed by atoms with Gasteiger partial charge in [0.2, 0.25) is 0 Å². The van der Waals surface area contributed by atoms with Crippen molar-refractivity contribution in [1.82, 2.24) is 4.90 Å². The number of hydrogen-bond acceptors (Lipinski definition) is 2. The average molecular weight is 272 g/mol. The number of nitrogens with two attached hydrogens (primary N) is 1. The van der Waals surface area contributed by atoms with Gasteiger partial charge in [-0.05, 0) is 37.6 Å². The second kappa shape index (κ2) is 5.92. The van der Waals surface area contributed by atoms with E-state index in [1.807, 2.05) is 0 Å². The van der Waals surface area contributed by atoms with Gasteiger partial charge in [-0.3, -0.25) is 0 Å². The highest BCUT2D eigenvalue weighted by Crippen LogP contribution is 2.31. The standard InChI is InChI=1S/C14H19F3N2/c15-14(16,17)13-5-3-4-11(8-13)12(9-18)10-19-6-1-2-7-19/h3-5,8,12H,1-2,6-7,9-10,18H2. The first kappa shape index (κ1) is 14.3. The Labute approximate surface area is 111 Å². The van der Waals surface area contributed by atoms with E-state index in [1.165, 1.54) is 25.0 Å². The molecule has 2 N–H and O–H groups in total. The van der Waals surface area contributed by atoms with E-state index in [0.29, 0.717) is 12.1 Å². The molecule has 5 heteroatoms. The molecule has 2 rings (SSSR count). The van der Waals surface area contributed by atoms with Crippen LogP contribution in [0, 0.1) is 0 Å². The normalized spacial score (nSPS) is 18.7. The predicted molar refractivity (Wildman–Crippen MR) is 68.9 cm³/mol. The lowest BCUT2D eigenvalue weighted by Gasteiger charge is -2.23. The van der Waals surface area contributed by atoms with Crippen molar-refractivity contribution in [2.45, 2.75) is 24.9 Å². The lowest BCUT2D eigenvalue weighted by atomic mass is 9.96. The Hall–Kier alpha value is -1.07. The Balaban J connectivity index is 2.13. The van der Waals surface area contributed by atoms with Crippen molar-refractivity contribution in [2.75, 3.05) is 26.2 Å². The summed E-state index contributed by atoms with van der Waals surface area (Å²) in [6, 6.07) is 5.54. The Kier molecular flexibility index (Phi) is 4.47. The van der Waals surface area contributed by atoms with E-state index in [4.69, 9.17) is 5.73 Å². The smallest absolute Gasteiger partial charge is 0.330 e. The second-order valence-electron chi connectivity index (χ2n) is 5.06. The molecule has 1 atom stereocenters. The van der Waals surface area contributed by atoms with Crippen LogP contribution < -0.4 is 5.73 Å². The summed E-state index contributed by atoms with van der Waals surface area (Å²) in [5.41, 5.74) is 5.83. The quantitative estimate of drug-likeness (QED) is 0.913. The summed E-state index contributed by atoms with van der Waals surface area (Å²) in [7, 11) is 0. The molecule has 1 aliphatic rings. The predicted octanol–water partition coefficient (Wildman–Crippen LogP) is 2.84. The van der Waals surface area contributed by atoms with Gasteiger partial charge in [-0.15, -0.1) is 0 Å². The third-order valence-corrected chi connectivity index (χ3v) is 3.65. The van der Waals surface area contributed by atoms with Crippen LogP contribution in [-0.2, 0) is 6.18 Å². The number of benzene rings is 1. The van der Waals surface area contributed by atoms with Gasteiger partial charge < -0.3 is 10.6 Å². The van der Waals surface area contributed by atoms with Gasteiger partial charge in [0.15, 0.2) is 0 Å². The van der Waals surface area contributed by atoms with Crippen LogP contribution in [0.1, 0.15) is 29.9 Å². The Bertz CT molecular complexity index is 411. The Morgan fingerprint density at radius 2 is 1.89 bits per heavy atom. The van der Waals surface area contributed by atoms with E-state index in [9.17, 15) is 13.2 Å². The first-order chi connectivity index (χ1) is 9.00. The van der Waals surface area contributed by atoms with Crippen molar-refractivity contribution in [1.29, 1.82) is 0 Å². The van der Waals surface area contributed by atoms with Crippen LogP contribution in [-0.4, -0.2) is 31.1 Å². The van der Waals surface area contributed by atoms with Crippen LogP contribution in [0.25, 0.3) is 0 Å². The maximum Gasteiger partial charge on any atom is 0.416 e. The highest BCUT2D eigenvalue weighted by molar-refractivity contribution is 5.28. The molecule has 0 bridgehead atoms. The number of hydrogen-bond donors (Lipinski definition) is 1. The fraction of sp³-hybridized carbons (Fsp3) is 0.571. The third kappa shape index (κ3) is 3.70. The molecule has 1 unspecified atom stereocenters. The summed E-state index contributed by atoms with van der Waals surface area (Å²) < 4.78 is 38.1. The van der Waals surface area contributed by atoms with Gasteiger partial charge >= 0.3 is 6.18 Å². The Morgan fingerprint density at radius 1 is 1.21 bits per heavy atom. The topological polar surface area (TPSA) is 29.3 Å². The zero-order valence-electron chi connectivity index (χ0n) is 10.8. The van der Waals surface area contributed by atoms with Crippen LogP contribution in [0.5, 0.6) is 0 Å². The van der Waals surface area contributed by atoms with Crippen LogP contribution in [0.2, 0.25) is 0 Å². The van der Waals surface area contributed by atoms with Gasteiger partial charge in [0, 0.05) is 19.0 Å². The van der Waals surface area contributed by atoms with Crippen LogP contribution in [0.3, 0.4) is 0 Å². The van der Waals surface area contributed by atoms with E-state index in [-0.39, 0.29) is 5.92 Å². The molecule has 0 saturated carbocycles. The zero-order chi connectivity index (χ0) is 13.9. The minimum absolute atomic E-state index is 0.0274. The molecule has 1 heterocycles. The molecule has 1 aromatic rings. The van der Waals surface area contributed by atoms with E-state index in [1.54, 1.807) is 6.07 Å². The molecule has 1 saturated heterocycles. The highest BCUT2D eigenvalue weighted by atomic mass is 19.4. The number of halogens is 3. The minimum atomic E-state index is -4.29. The van der Waals surface area contributed by atoms with Crippen LogP contribution >= 0.6 is 0 Å². The minimum Gasteiger partial charge on any atom is -0.330 e. The molecule has 0 spiro atoms. The van der Waals surface area contributed by atoms with Crippen molar-refractivity contribution in [3.63, 3.8) is 0 Å². The molecule has 19 heavy (non-hydrogen) atoms. The summed E-state index contributed by atoms with van der Waals surface area (Å²) >= 11 is 0. The molecule has 1 fully saturated rings. The van der Waals surface area contributed by atoms with Gasteiger partial charge in [-0.25, -0.2) is 0 Å². The zero-order valence-corrected chi connectivity index (χ0v) is 10.8. The average Bonchev–Trinajstić information content (AvgIpc) is 2.88. The van der Waals surface area contributed by atoms with Crippen LogP contribution in [0.4, 0.5) is 13.2 Å². The lowest BCUT2D eigenvalue weighted by molar-refractivity contribution is -0.137. The Morgan fingerprint density at radius 3 is 2.47 bits per heavy atom. The first-order valence-electron chi connectivity index (χ1n) is 6.60. The maximum absolute atomic E-state index is 12.7. The fourth-order valence-electron chi connectivity index (χ4n) is 2.56. The van der Waals surface area contributed by atoms with Gasteiger partial charge in [0.25, 0.3) is 0 Å². The number of alkyl halides is 3. The van der Waals surface area contributed by atoms with Crippen molar-refractivity contribution in [2.24, 2.45) is 5.73 Å². The summed E-state index contributed by atoms with van der Waals surface area (Å²) in [5.74, 6) is -0.0274. The fourth-order valence-corrected chi connectivity index (χ4v) is 2.56. The molecule has 1 aromatic carbocycles. The van der Waals surface area contributed by atoms with E-state index in [2.05, 4.69) is 4.90 Å². The number of likely N-dealkylation sites (tertiary alicyclic amines) is 1. The molecule has 0 aliphatic carbocycles. The van der Waals surface area contributed by atoms with Crippen molar-refractivity contribution < 1.29 is 13.2 Å². The largest absolute Gasteiger partial charge is 0.416 e. The highest BCUT2D eigenvalue weighted by Gasteiger charge is 2.31. The molecule has 0 amide bonds. The first-order valence-corrected chi connectivity index (χ1v) is 6.60. The summed E-state index contributed by atoms with van der Waals surface area (Å²) in [5, 5.41) is 0. The lowest BCUT2D eigenvalue weighted by Crippen LogP contribution is -2.29. The van der Waals surface area contributed by atoms with Crippen LogP contribution in [0.15, 0.2) is 24.3 Å². The van der Waals surface area contributed by atoms with Crippen molar-refractivity contribution >= 4 is 0 Å². The SMILES string of the molecule is NCC(CN1CCCC1)c1cccc(C(F)(F)F)c1. The summed E-state index contributed by atoms with van der Waals surface area (Å²) in [6.07, 6.45) is -1.96. The van der Waals surface area contributed by atoms with Gasteiger partial charge in [0.05, 0.1) is 5.56 Å².